The highest BCUT2D eigenvalue weighted by atomic mass is 16.2. The number of carbonyl (C=O) groups is 1. The van der Waals surface area contributed by atoms with Crippen LogP contribution in [0.1, 0.15) is 35.9 Å². The Morgan fingerprint density at radius 3 is 2.65 bits per heavy atom. The van der Waals surface area contributed by atoms with Crippen LogP contribution in [-0.4, -0.2) is 51.4 Å². The van der Waals surface area contributed by atoms with Gasteiger partial charge in [-0.25, -0.2) is 4.98 Å². The van der Waals surface area contributed by atoms with E-state index in [1.807, 2.05) is 11.8 Å². The number of carbonyl (C=O) groups excluding carboxylic acids is 1. The Labute approximate surface area is 137 Å². The summed E-state index contributed by atoms with van der Waals surface area (Å²) >= 11 is 0. The van der Waals surface area contributed by atoms with E-state index in [-0.39, 0.29) is 5.91 Å². The average molecular weight is 312 g/mol. The zero-order chi connectivity index (χ0) is 16.1. The molecular weight excluding hydrogens is 288 g/mol. The number of nitrogens with zero attached hydrogens (tertiary/aromatic N) is 3. The Balaban J connectivity index is 1.56. The Bertz CT molecular complexity index is 603. The lowest BCUT2D eigenvalue weighted by Gasteiger charge is -2.37. The van der Waals surface area contributed by atoms with E-state index >= 15 is 0 Å². The predicted molar refractivity (Wildman–Crippen MR) is 90.0 cm³/mol. The summed E-state index contributed by atoms with van der Waals surface area (Å²) in [7, 11) is 0. The van der Waals surface area contributed by atoms with Crippen molar-refractivity contribution in [3.63, 3.8) is 0 Å². The van der Waals surface area contributed by atoms with Gasteiger partial charge in [0, 0.05) is 44.6 Å². The van der Waals surface area contributed by atoms with Crippen molar-refractivity contribution in [3.8, 4) is 0 Å². The number of aromatic amines is 1. The van der Waals surface area contributed by atoms with Gasteiger partial charge in [0.1, 0.15) is 0 Å². The predicted octanol–water partition coefficient (Wildman–Crippen LogP) is 2.54. The first-order chi connectivity index (χ1) is 11.3. The summed E-state index contributed by atoms with van der Waals surface area (Å²) in [6.45, 7) is 5.81. The molecule has 1 N–H and O–H groups in total. The van der Waals surface area contributed by atoms with Crippen molar-refractivity contribution in [1.29, 1.82) is 0 Å². The smallest absolute Gasteiger partial charge is 0.289 e. The van der Waals surface area contributed by atoms with Crippen molar-refractivity contribution in [2.75, 3.05) is 19.6 Å². The number of amides is 1. The van der Waals surface area contributed by atoms with Crippen molar-refractivity contribution in [2.45, 2.75) is 32.4 Å². The lowest BCUT2D eigenvalue weighted by molar-refractivity contribution is 0.0570. The van der Waals surface area contributed by atoms with Crippen LogP contribution in [0.15, 0.2) is 42.7 Å². The molecular formula is C18H24N4O. The summed E-state index contributed by atoms with van der Waals surface area (Å²) in [5.74, 6) is 0.456. The molecule has 0 atom stereocenters. The maximum absolute atomic E-state index is 12.5. The van der Waals surface area contributed by atoms with Crippen LogP contribution in [0, 0.1) is 0 Å². The molecule has 2 heterocycles. The van der Waals surface area contributed by atoms with E-state index < -0.39 is 0 Å². The molecule has 1 amide bonds. The first kappa shape index (κ1) is 15.7. The van der Waals surface area contributed by atoms with E-state index in [1.54, 1.807) is 12.4 Å². The van der Waals surface area contributed by atoms with Crippen molar-refractivity contribution < 1.29 is 4.79 Å². The maximum atomic E-state index is 12.5. The Morgan fingerprint density at radius 1 is 1.30 bits per heavy atom. The van der Waals surface area contributed by atoms with E-state index in [0.717, 1.165) is 39.0 Å². The number of H-pyrrole nitrogens is 1. The van der Waals surface area contributed by atoms with E-state index in [9.17, 15) is 4.79 Å². The summed E-state index contributed by atoms with van der Waals surface area (Å²) in [4.78, 5) is 24.0. The molecule has 0 unspecified atom stereocenters. The lowest BCUT2D eigenvalue weighted by Crippen LogP contribution is -2.47. The third kappa shape index (κ3) is 3.79. The van der Waals surface area contributed by atoms with Crippen LogP contribution in [0.25, 0.3) is 0 Å². The van der Waals surface area contributed by atoms with Crippen LogP contribution in [0.5, 0.6) is 0 Å². The molecule has 0 aliphatic carbocycles. The standard InChI is InChI=1S/C18H24N4O/c1-2-22(18(23)17-19-10-11-20-17)16-8-12-21(13-9-16)14-15-6-4-3-5-7-15/h3-7,10-11,16H,2,8-9,12-14H2,1H3,(H,19,20). The number of rotatable bonds is 5. The minimum Gasteiger partial charge on any atom is -0.341 e. The van der Waals surface area contributed by atoms with Crippen LogP contribution in [0.2, 0.25) is 0 Å². The zero-order valence-electron chi connectivity index (χ0n) is 13.6. The molecule has 0 saturated carbocycles. The number of hydrogen-bond donors (Lipinski definition) is 1. The van der Waals surface area contributed by atoms with E-state index in [2.05, 4.69) is 45.2 Å². The summed E-state index contributed by atoms with van der Waals surface area (Å²) < 4.78 is 0. The van der Waals surface area contributed by atoms with Crippen molar-refractivity contribution in [1.82, 2.24) is 19.8 Å². The molecule has 122 valence electrons. The summed E-state index contributed by atoms with van der Waals surface area (Å²) in [6, 6.07) is 10.9. The van der Waals surface area contributed by atoms with Gasteiger partial charge in [-0.2, -0.15) is 0 Å². The molecule has 1 aliphatic heterocycles. The molecule has 5 nitrogen and oxygen atoms in total. The fourth-order valence-electron chi connectivity index (χ4n) is 3.32. The number of hydrogen-bond acceptors (Lipinski definition) is 3. The van der Waals surface area contributed by atoms with Crippen LogP contribution in [0.3, 0.4) is 0 Å². The van der Waals surface area contributed by atoms with Gasteiger partial charge in [0.25, 0.3) is 5.91 Å². The zero-order valence-corrected chi connectivity index (χ0v) is 13.6. The van der Waals surface area contributed by atoms with E-state index in [4.69, 9.17) is 0 Å². The quantitative estimate of drug-likeness (QED) is 0.923. The third-order valence-corrected chi connectivity index (χ3v) is 4.55. The van der Waals surface area contributed by atoms with Crippen LogP contribution >= 0.6 is 0 Å². The van der Waals surface area contributed by atoms with Crippen molar-refractivity contribution >= 4 is 5.91 Å². The number of benzene rings is 1. The number of aromatic nitrogens is 2. The molecule has 0 radical (unpaired) electrons. The minimum absolute atomic E-state index is 0.0130. The highest BCUT2D eigenvalue weighted by molar-refractivity contribution is 5.90. The average Bonchev–Trinajstić information content (AvgIpc) is 3.12. The number of imidazole rings is 1. The van der Waals surface area contributed by atoms with Gasteiger partial charge in [-0.1, -0.05) is 30.3 Å². The van der Waals surface area contributed by atoms with Crippen molar-refractivity contribution in [3.05, 3.63) is 54.1 Å². The normalized spacial score (nSPS) is 16.4. The summed E-state index contributed by atoms with van der Waals surface area (Å²) in [5.41, 5.74) is 1.35. The fraction of sp³-hybridized carbons (Fsp3) is 0.444. The van der Waals surface area contributed by atoms with Gasteiger partial charge in [-0.15, -0.1) is 0 Å². The van der Waals surface area contributed by atoms with Gasteiger partial charge >= 0.3 is 0 Å². The molecule has 1 aromatic heterocycles. The Hall–Kier alpha value is -2.14. The number of nitrogens with one attached hydrogen (secondary N) is 1. The highest BCUT2D eigenvalue weighted by Gasteiger charge is 2.28. The molecule has 3 rings (SSSR count). The summed E-state index contributed by atoms with van der Waals surface area (Å²) in [5, 5.41) is 0. The molecule has 5 heteroatoms. The monoisotopic (exact) mass is 312 g/mol. The molecule has 1 fully saturated rings. The SMILES string of the molecule is CCN(C(=O)c1ncc[nH]1)C1CCN(Cc2ccccc2)CC1. The summed E-state index contributed by atoms with van der Waals surface area (Å²) in [6.07, 6.45) is 5.37. The highest BCUT2D eigenvalue weighted by Crippen LogP contribution is 2.19. The first-order valence-corrected chi connectivity index (χ1v) is 8.34. The second-order valence-corrected chi connectivity index (χ2v) is 6.02. The van der Waals surface area contributed by atoms with E-state index in [0.29, 0.717) is 11.9 Å². The molecule has 2 aromatic rings. The second-order valence-electron chi connectivity index (χ2n) is 6.02. The molecule has 1 aromatic carbocycles. The first-order valence-electron chi connectivity index (χ1n) is 8.34. The van der Waals surface area contributed by atoms with Gasteiger partial charge in [0.2, 0.25) is 0 Å². The van der Waals surface area contributed by atoms with Crippen molar-refractivity contribution in [2.24, 2.45) is 0 Å². The van der Waals surface area contributed by atoms with Crippen LogP contribution in [0.4, 0.5) is 0 Å². The van der Waals surface area contributed by atoms with Crippen LogP contribution in [-0.2, 0) is 6.54 Å². The molecule has 1 aliphatic rings. The van der Waals surface area contributed by atoms with Gasteiger partial charge in [-0.05, 0) is 25.3 Å². The topological polar surface area (TPSA) is 52.2 Å². The lowest BCUT2D eigenvalue weighted by atomic mass is 10.0. The Morgan fingerprint density at radius 2 is 2.04 bits per heavy atom. The van der Waals surface area contributed by atoms with Gasteiger partial charge in [-0.3, -0.25) is 9.69 Å². The number of piperidine rings is 1. The van der Waals surface area contributed by atoms with Gasteiger partial charge < -0.3 is 9.88 Å². The molecule has 0 bridgehead atoms. The molecule has 23 heavy (non-hydrogen) atoms. The van der Waals surface area contributed by atoms with Gasteiger partial charge in [0.15, 0.2) is 5.82 Å². The molecule has 1 saturated heterocycles. The minimum atomic E-state index is 0.0130. The number of likely N-dealkylation sites (tertiary alicyclic amines) is 1. The largest absolute Gasteiger partial charge is 0.341 e. The molecule has 0 spiro atoms. The van der Waals surface area contributed by atoms with Crippen LogP contribution < -0.4 is 0 Å². The third-order valence-electron chi connectivity index (χ3n) is 4.55. The maximum Gasteiger partial charge on any atom is 0.289 e. The Kier molecular flexibility index (Phi) is 5.08. The van der Waals surface area contributed by atoms with E-state index in [1.165, 1.54) is 5.56 Å². The van der Waals surface area contributed by atoms with Gasteiger partial charge in [0.05, 0.1) is 0 Å². The second kappa shape index (κ2) is 7.42. The fourth-order valence-corrected chi connectivity index (χ4v) is 3.32.